The van der Waals surface area contributed by atoms with Crippen LogP contribution in [0.4, 0.5) is 8.78 Å². The summed E-state index contributed by atoms with van der Waals surface area (Å²) in [6, 6.07) is 3.57. The molecule has 1 aromatic carbocycles. The highest BCUT2D eigenvalue weighted by molar-refractivity contribution is 6.09. The molecule has 1 saturated carbocycles. The predicted molar refractivity (Wildman–Crippen MR) is 125 cm³/mol. The zero-order valence-corrected chi connectivity index (χ0v) is 19.6. The summed E-state index contributed by atoms with van der Waals surface area (Å²) < 4.78 is 34.8. The lowest BCUT2D eigenvalue weighted by molar-refractivity contribution is -0.131. The number of nitrogens with one attached hydrogen (secondary N) is 2. The molecule has 1 saturated heterocycles. The van der Waals surface area contributed by atoms with Gasteiger partial charge in [0.2, 0.25) is 5.91 Å². The number of nitrogens with zero attached hydrogens (tertiary/aromatic N) is 3. The second-order valence-corrected chi connectivity index (χ2v) is 9.32. The maximum absolute atomic E-state index is 14.7. The van der Waals surface area contributed by atoms with Crippen molar-refractivity contribution in [1.29, 1.82) is 0 Å². The Morgan fingerprint density at radius 2 is 2.06 bits per heavy atom. The number of carbonyl (C=O) groups is 2. The number of aromatic nitrogens is 3. The molecule has 8 nitrogen and oxygen atoms in total. The molecular formula is C25H27F2N5O3. The predicted octanol–water partition coefficient (Wildman–Crippen LogP) is 3.55. The Kier molecular flexibility index (Phi) is 6.12. The first-order valence-electron chi connectivity index (χ1n) is 11.8. The van der Waals surface area contributed by atoms with Crippen LogP contribution in [-0.4, -0.2) is 63.6 Å². The van der Waals surface area contributed by atoms with Crippen LogP contribution in [0.25, 0.3) is 22.3 Å². The van der Waals surface area contributed by atoms with E-state index in [1.807, 2.05) is 0 Å². The Morgan fingerprint density at radius 3 is 2.77 bits per heavy atom. The smallest absolute Gasteiger partial charge is 0.255 e. The molecule has 10 heteroatoms. The van der Waals surface area contributed by atoms with E-state index in [-0.39, 0.29) is 18.0 Å². The summed E-state index contributed by atoms with van der Waals surface area (Å²) in [6.07, 6.45) is 2.51. The number of halogens is 2. The van der Waals surface area contributed by atoms with E-state index in [9.17, 15) is 18.4 Å². The van der Waals surface area contributed by atoms with Crippen molar-refractivity contribution in [2.24, 2.45) is 5.92 Å². The molecule has 2 aromatic heterocycles. The van der Waals surface area contributed by atoms with Crippen molar-refractivity contribution >= 4 is 22.8 Å². The Hall–Kier alpha value is -3.56. The van der Waals surface area contributed by atoms with Gasteiger partial charge in [-0.3, -0.25) is 9.59 Å². The molecule has 2 fully saturated rings. The summed E-state index contributed by atoms with van der Waals surface area (Å²) in [5, 5.41) is 2.77. The molecule has 0 unspecified atom stereocenters. The molecule has 2 atom stereocenters. The van der Waals surface area contributed by atoms with Crippen molar-refractivity contribution in [3.63, 3.8) is 0 Å². The summed E-state index contributed by atoms with van der Waals surface area (Å²) in [6.45, 7) is 4.00. The van der Waals surface area contributed by atoms with Crippen LogP contribution in [0, 0.1) is 18.7 Å². The third kappa shape index (κ3) is 4.69. The lowest BCUT2D eigenvalue weighted by atomic mass is 10.0. The molecule has 5 rings (SSSR count). The Labute approximate surface area is 201 Å². The lowest BCUT2D eigenvalue weighted by Crippen LogP contribution is -2.53. The SMILES string of the molecule is CC(=O)N1CC[C@@H](NC(=O)c2c(C)[nH]c3c(-c4cc(F)ccc4OCC4CC4)ncnc23)[C@@H](F)C1. The molecule has 0 radical (unpaired) electrons. The van der Waals surface area contributed by atoms with Crippen molar-refractivity contribution in [3.8, 4) is 17.0 Å². The zero-order valence-electron chi connectivity index (χ0n) is 19.6. The van der Waals surface area contributed by atoms with Gasteiger partial charge < -0.3 is 19.9 Å². The number of aromatic amines is 1. The number of benzene rings is 1. The van der Waals surface area contributed by atoms with Crippen molar-refractivity contribution in [3.05, 3.63) is 41.6 Å². The van der Waals surface area contributed by atoms with Crippen LogP contribution in [0.5, 0.6) is 5.75 Å². The zero-order chi connectivity index (χ0) is 24.7. The Morgan fingerprint density at radius 1 is 1.26 bits per heavy atom. The van der Waals surface area contributed by atoms with Crippen LogP contribution < -0.4 is 10.1 Å². The number of amides is 2. The van der Waals surface area contributed by atoms with E-state index in [2.05, 4.69) is 20.3 Å². The second kappa shape index (κ2) is 9.24. The number of fused-ring (bicyclic) bond motifs is 1. The third-order valence-electron chi connectivity index (χ3n) is 6.67. The van der Waals surface area contributed by atoms with Gasteiger partial charge in [0, 0.05) is 24.7 Å². The molecule has 0 bridgehead atoms. The summed E-state index contributed by atoms with van der Waals surface area (Å²) in [7, 11) is 0. The molecule has 0 spiro atoms. The van der Waals surface area contributed by atoms with Gasteiger partial charge in [-0.1, -0.05) is 0 Å². The van der Waals surface area contributed by atoms with Gasteiger partial charge in [0.05, 0.1) is 30.3 Å². The van der Waals surface area contributed by atoms with Crippen molar-refractivity contribution in [2.75, 3.05) is 19.7 Å². The van der Waals surface area contributed by atoms with E-state index in [0.29, 0.717) is 59.2 Å². The molecule has 184 valence electrons. The molecule has 2 aliphatic rings. The maximum atomic E-state index is 14.7. The molecule has 3 aromatic rings. The van der Waals surface area contributed by atoms with Crippen molar-refractivity contribution in [2.45, 2.75) is 45.3 Å². The number of hydrogen-bond acceptors (Lipinski definition) is 5. The number of alkyl halides is 1. The van der Waals surface area contributed by atoms with Gasteiger partial charge in [-0.05, 0) is 50.3 Å². The largest absolute Gasteiger partial charge is 0.493 e. The van der Waals surface area contributed by atoms with Gasteiger partial charge in [-0.2, -0.15) is 0 Å². The molecule has 2 N–H and O–H groups in total. The fourth-order valence-corrected chi connectivity index (χ4v) is 4.50. The van der Waals surface area contributed by atoms with E-state index < -0.39 is 23.9 Å². The first-order valence-corrected chi connectivity index (χ1v) is 11.8. The molecule has 1 aliphatic carbocycles. The number of H-pyrrole nitrogens is 1. The first-order chi connectivity index (χ1) is 16.8. The average molecular weight is 484 g/mol. The monoisotopic (exact) mass is 483 g/mol. The highest BCUT2D eigenvalue weighted by Gasteiger charge is 2.33. The van der Waals surface area contributed by atoms with E-state index in [4.69, 9.17) is 4.74 Å². The minimum Gasteiger partial charge on any atom is -0.493 e. The topological polar surface area (TPSA) is 100 Å². The number of likely N-dealkylation sites (tertiary alicyclic amines) is 1. The van der Waals surface area contributed by atoms with Gasteiger partial charge in [0.1, 0.15) is 35.3 Å². The average Bonchev–Trinajstić information content (AvgIpc) is 3.59. The van der Waals surface area contributed by atoms with Crippen molar-refractivity contribution < 1.29 is 23.1 Å². The standard InChI is InChI=1S/C25H27F2N5O3/c1-13-21(25(34)31-19-7-8-32(14(2)33)10-18(19)27)23-24(30-13)22(28-12-29-23)17-9-16(26)5-6-20(17)35-11-15-3-4-15/h5-6,9,12,15,18-19,30H,3-4,7-8,10-11H2,1-2H3,(H,31,34)/t18-,19+/m0/s1. The molecule has 3 heterocycles. The van der Waals surface area contributed by atoms with Crippen molar-refractivity contribution in [1.82, 2.24) is 25.2 Å². The van der Waals surface area contributed by atoms with E-state index in [1.54, 1.807) is 13.0 Å². The number of hydrogen-bond donors (Lipinski definition) is 2. The minimum absolute atomic E-state index is 0.0529. The highest BCUT2D eigenvalue weighted by atomic mass is 19.1. The minimum atomic E-state index is -1.37. The summed E-state index contributed by atoms with van der Waals surface area (Å²) in [4.78, 5) is 38.0. The summed E-state index contributed by atoms with van der Waals surface area (Å²) in [5.41, 5.74) is 2.53. The molecule has 1 aliphatic heterocycles. The third-order valence-corrected chi connectivity index (χ3v) is 6.67. The Balaban J connectivity index is 1.45. The van der Waals surface area contributed by atoms with Crippen LogP contribution in [0.3, 0.4) is 0 Å². The number of aryl methyl sites for hydroxylation is 1. The molecular weight excluding hydrogens is 456 g/mol. The quantitative estimate of drug-likeness (QED) is 0.559. The van der Waals surface area contributed by atoms with Gasteiger partial charge in [0.25, 0.3) is 5.91 Å². The van der Waals surface area contributed by atoms with Gasteiger partial charge in [0.15, 0.2) is 0 Å². The number of ether oxygens (including phenoxy) is 1. The first kappa shape index (κ1) is 23.2. The van der Waals surface area contributed by atoms with Crippen LogP contribution in [0.2, 0.25) is 0 Å². The Bertz CT molecular complexity index is 1290. The normalized spacial score (nSPS) is 20.2. The van der Waals surface area contributed by atoms with E-state index in [1.165, 1.54) is 30.3 Å². The van der Waals surface area contributed by atoms with E-state index in [0.717, 1.165) is 12.8 Å². The second-order valence-electron chi connectivity index (χ2n) is 9.32. The van der Waals surface area contributed by atoms with Crippen LogP contribution in [-0.2, 0) is 4.79 Å². The number of piperidine rings is 1. The maximum Gasteiger partial charge on any atom is 0.255 e. The summed E-state index contributed by atoms with van der Waals surface area (Å²) in [5.74, 6) is -0.0616. The van der Waals surface area contributed by atoms with E-state index >= 15 is 0 Å². The number of rotatable bonds is 6. The lowest BCUT2D eigenvalue weighted by Gasteiger charge is -2.34. The summed E-state index contributed by atoms with van der Waals surface area (Å²) >= 11 is 0. The van der Waals surface area contributed by atoms with Crippen LogP contribution in [0.15, 0.2) is 24.5 Å². The van der Waals surface area contributed by atoms with Crippen LogP contribution in [0.1, 0.15) is 42.2 Å². The fraction of sp³-hybridized carbons (Fsp3) is 0.440. The fourth-order valence-electron chi connectivity index (χ4n) is 4.50. The van der Waals surface area contributed by atoms with Gasteiger partial charge in [-0.25, -0.2) is 18.7 Å². The molecule has 2 amide bonds. The highest BCUT2D eigenvalue weighted by Crippen LogP contribution is 2.36. The number of carbonyl (C=O) groups excluding carboxylic acids is 2. The van der Waals surface area contributed by atoms with Gasteiger partial charge >= 0.3 is 0 Å². The molecule has 35 heavy (non-hydrogen) atoms. The van der Waals surface area contributed by atoms with Crippen LogP contribution >= 0.6 is 0 Å². The van der Waals surface area contributed by atoms with Gasteiger partial charge in [-0.15, -0.1) is 0 Å².